The summed E-state index contributed by atoms with van der Waals surface area (Å²) in [5, 5.41) is 9.10. The number of ether oxygens (including phenoxy) is 1. The molecule has 7 nitrogen and oxygen atoms in total. The highest BCUT2D eigenvalue weighted by molar-refractivity contribution is 5.82. The minimum atomic E-state index is -0.206. The van der Waals surface area contributed by atoms with E-state index in [9.17, 15) is 0 Å². The molecule has 1 aliphatic rings. The Hall–Kier alpha value is -2.17. The lowest BCUT2D eigenvalue weighted by atomic mass is 10.2. The van der Waals surface area contributed by atoms with Crippen molar-refractivity contribution in [2.45, 2.75) is 25.2 Å². The number of aliphatic hydroxyl groups is 1. The van der Waals surface area contributed by atoms with E-state index in [1.54, 1.807) is 10.9 Å². The van der Waals surface area contributed by atoms with Gasteiger partial charge in [-0.1, -0.05) is 0 Å². The summed E-state index contributed by atoms with van der Waals surface area (Å²) >= 11 is 0. The number of hydrogen-bond acceptors (Lipinski definition) is 6. The highest BCUT2D eigenvalue weighted by atomic mass is 16.5. The summed E-state index contributed by atoms with van der Waals surface area (Å²) in [7, 11) is 0. The number of rotatable bonds is 2. The number of aliphatic hydroxyl groups excluding tert-OH is 1. The van der Waals surface area contributed by atoms with Crippen molar-refractivity contribution in [3.8, 4) is 12.3 Å². The van der Waals surface area contributed by atoms with E-state index in [2.05, 4.69) is 20.9 Å². The van der Waals surface area contributed by atoms with Gasteiger partial charge >= 0.3 is 0 Å². The molecular formula is C12H13N5O2. The molecule has 0 amide bonds. The molecule has 1 saturated heterocycles. The van der Waals surface area contributed by atoms with E-state index >= 15 is 0 Å². The molecule has 2 unspecified atom stereocenters. The van der Waals surface area contributed by atoms with Crippen molar-refractivity contribution in [3.05, 3.63) is 12.2 Å². The van der Waals surface area contributed by atoms with E-state index in [1.807, 2.05) is 0 Å². The van der Waals surface area contributed by atoms with Gasteiger partial charge in [-0.2, -0.15) is 0 Å². The molecule has 3 N–H and O–H groups in total. The predicted octanol–water partition coefficient (Wildman–Crippen LogP) is 0.0597. The molecule has 98 valence electrons. The minimum absolute atomic E-state index is 0.00978. The fraction of sp³-hybridized carbons (Fsp3) is 0.417. The van der Waals surface area contributed by atoms with Crippen LogP contribution in [0.5, 0.6) is 0 Å². The molecule has 19 heavy (non-hydrogen) atoms. The van der Waals surface area contributed by atoms with Crippen molar-refractivity contribution < 1.29 is 9.84 Å². The summed E-state index contributed by atoms with van der Waals surface area (Å²) in [6.45, 7) is 0.00978. The number of nitrogens with zero attached hydrogens (tertiary/aromatic N) is 4. The van der Waals surface area contributed by atoms with Crippen molar-refractivity contribution in [2.24, 2.45) is 0 Å². The number of terminal acetylenes is 1. The van der Waals surface area contributed by atoms with E-state index in [0.717, 1.165) is 12.8 Å². The highest BCUT2D eigenvalue weighted by Gasteiger charge is 2.27. The highest BCUT2D eigenvalue weighted by Crippen LogP contribution is 2.30. The third-order valence-corrected chi connectivity index (χ3v) is 3.18. The van der Waals surface area contributed by atoms with Crippen LogP contribution in [0.4, 0.5) is 5.82 Å². The molecule has 0 aliphatic carbocycles. The number of nitrogens with two attached hydrogens (primary N) is 1. The van der Waals surface area contributed by atoms with Crippen molar-refractivity contribution in [1.29, 1.82) is 0 Å². The molecule has 0 spiro atoms. The van der Waals surface area contributed by atoms with Crippen LogP contribution in [0.25, 0.3) is 11.2 Å². The van der Waals surface area contributed by atoms with Crippen LogP contribution in [0.2, 0.25) is 0 Å². The molecule has 0 aromatic carbocycles. The summed E-state index contributed by atoms with van der Waals surface area (Å²) in [4.78, 5) is 12.4. The molecule has 7 heteroatoms. The molecule has 3 rings (SSSR count). The second-order valence-electron chi connectivity index (χ2n) is 4.37. The van der Waals surface area contributed by atoms with Gasteiger partial charge in [0.05, 0.1) is 19.0 Å². The topological polar surface area (TPSA) is 99.1 Å². The lowest BCUT2D eigenvalue weighted by Crippen LogP contribution is -2.14. The zero-order valence-corrected chi connectivity index (χ0v) is 10.2. The molecule has 0 radical (unpaired) electrons. The second kappa shape index (κ2) is 4.50. The summed E-state index contributed by atoms with van der Waals surface area (Å²) in [5.74, 6) is 2.85. The molecule has 2 aromatic heterocycles. The number of hydrogen-bond donors (Lipinski definition) is 2. The zero-order valence-electron chi connectivity index (χ0n) is 10.2. The van der Waals surface area contributed by atoms with E-state index in [-0.39, 0.29) is 30.6 Å². The first-order valence-electron chi connectivity index (χ1n) is 5.96. The third kappa shape index (κ3) is 1.91. The van der Waals surface area contributed by atoms with E-state index in [4.69, 9.17) is 22.0 Å². The Morgan fingerprint density at radius 1 is 1.53 bits per heavy atom. The second-order valence-corrected chi connectivity index (χ2v) is 4.37. The maximum atomic E-state index is 9.10. The van der Waals surface area contributed by atoms with Gasteiger partial charge in [-0.15, -0.1) is 6.42 Å². The van der Waals surface area contributed by atoms with Crippen LogP contribution in [-0.2, 0) is 4.74 Å². The Bertz CT molecular complexity index is 660. The molecule has 1 fully saturated rings. The summed E-state index contributed by atoms with van der Waals surface area (Å²) < 4.78 is 7.48. The van der Waals surface area contributed by atoms with Crippen LogP contribution in [0.3, 0.4) is 0 Å². The Balaban J connectivity index is 2.05. The first kappa shape index (κ1) is 11.9. The van der Waals surface area contributed by atoms with Crippen molar-refractivity contribution in [2.75, 3.05) is 12.3 Å². The predicted molar refractivity (Wildman–Crippen MR) is 67.9 cm³/mol. The quantitative estimate of drug-likeness (QED) is 0.740. The maximum Gasteiger partial charge on any atom is 0.208 e. The first-order valence-corrected chi connectivity index (χ1v) is 5.96. The van der Waals surface area contributed by atoms with Gasteiger partial charge in [0.2, 0.25) is 5.82 Å². The molecule has 0 bridgehead atoms. The van der Waals surface area contributed by atoms with Gasteiger partial charge in [0.1, 0.15) is 11.7 Å². The standard InChI is InChI=1S/C12H13N5O2/c1-2-8-15-11(13)10-12(16-8)17(6-14-10)9-4-3-7(5-18)19-9/h1,6-7,9,18H,3-5H2,(H2,13,15,16). The smallest absolute Gasteiger partial charge is 0.208 e. The van der Waals surface area contributed by atoms with Gasteiger partial charge in [0, 0.05) is 0 Å². The number of aromatic nitrogens is 4. The molecular weight excluding hydrogens is 246 g/mol. The fourth-order valence-corrected chi connectivity index (χ4v) is 2.24. The van der Waals surface area contributed by atoms with Gasteiger partial charge in [-0.05, 0) is 18.8 Å². The van der Waals surface area contributed by atoms with E-state index in [0.29, 0.717) is 11.2 Å². The third-order valence-electron chi connectivity index (χ3n) is 3.18. The first-order chi connectivity index (χ1) is 9.22. The summed E-state index contributed by atoms with van der Waals surface area (Å²) in [5.41, 5.74) is 6.86. The van der Waals surface area contributed by atoms with Gasteiger partial charge in [-0.25, -0.2) is 15.0 Å². The van der Waals surface area contributed by atoms with Crippen molar-refractivity contribution >= 4 is 17.0 Å². The number of anilines is 1. The Labute approximate surface area is 109 Å². The lowest BCUT2D eigenvalue weighted by Gasteiger charge is -2.13. The monoisotopic (exact) mass is 259 g/mol. The number of fused-ring (bicyclic) bond motifs is 1. The van der Waals surface area contributed by atoms with E-state index in [1.165, 1.54) is 0 Å². The van der Waals surface area contributed by atoms with Crippen LogP contribution in [0.15, 0.2) is 6.33 Å². The molecule has 0 saturated carbocycles. The van der Waals surface area contributed by atoms with E-state index < -0.39 is 0 Å². The normalized spacial score (nSPS) is 22.7. The Kier molecular flexibility index (Phi) is 2.81. The van der Waals surface area contributed by atoms with Gasteiger partial charge in [-0.3, -0.25) is 4.57 Å². The number of nitrogen functional groups attached to an aromatic ring is 1. The molecule has 1 aliphatic heterocycles. The molecule has 2 atom stereocenters. The average molecular weight is 259 g/mol. The summed E-state index contributed by atoms with van der Waals surface area (Å²) in [6, 6.07) is 0. The fourth-order valence-electron chi connectivity index (χ4n) is 2.24. The summed E-state index contributed by atoms with van der Waals surface area (Å²) in [6.07, 6.45) is 8.14. The van der Waals surface area contributed by atoms with Gasteiger partial charge in [0.25, 0.3) is 0 Å². The van der Waals surface area contributed by atoms with Crippen LogP contribution in [-0.4, -0.2) is 37.3 Å². The van der Waals surface area contributed by atoms with Crippen molar-refractivity contribution in [1.82, 2.24) is 19.5 Å². The Morgan fingerprint density at radius 2 is 2.37 bits per heavy atom. The largest absolute Gasteiger partial charge is 0.394 e. The average Bonchev–Trinajstić information content (AvgIpc) is 3.04. The van der Waals surface area contributed by atoms with Crippen molar-refractivity contribution in [3.63, 3.8) is 0 Å². The van der Waals surface area contributed by atoms with Crippen LogP contribution >= 0.6 is 0 Å². The van der Waals surface area contributed by atoms with Crippen LogP contribution < -0.4 is 5.73 Å². The molecule has 2 aromatic rings. The van der Waals surface area contributed by atoms with Crippen LogP contribution in [0.1, 0.15) is 24.9 Å². The van der Waals surface area contributed by atoms with Gasteiger partial charge in [0.15, 0.2) is 11.5 Å². The Morgan fingerprint density at radius 3 is 3.05 bits per heavy atom. The zero-order chi connectivity index (χ0) is 13.4. The van der Waals surface area contributed by atoms with Crippen LogP contribution in [0, 0.1) is 12.3 Å². The minimum Gasteiger partial charge on any atom is -0.394 e. The number of imidazole rings is 1. The maximum absolute atomic E-state index is 9.10. The molecule has 3 heterocycles. The van der Waals surface area contributed by atoms with Gasteiger partial charge < -0.3 is 15.6 Å². The lowest BCUT2D eigenvalue weighted by molar-refractivity contribution is -0.0207. The SMILES string of the molecule is C#Cc1nc(N)c2ncn(C3CCC(CO)O3)c2n1.